The van der Waals surface area contributed by atoms with Crippen molar-refractivity contribution in [2.24, 2.45) is 11.8 Å². The molecule has 11 nitrogen and oxygen atoms in total. The Labute approximate surface area is 235 Å². The molecule has 1 aliphatic carbocycles. The van der Waals surface area contributed by atoms with Crippen molar-refractivity contribution in [1.82, 2.24) is 21.3 Å². The summed E-state index contributed by atoms with van der Waals surface area (Å²) in [6.45, 7) is 7.16. The quantitative estimate of drug-likeness (QED) is 0.255. The molecule has 0 radical (unpaired) electrons. The minimum absolute atomic E-state index is 0.0442. The lowest BCUT2D eigenvalue weighted by Crippen LogP contribution is -2.58. The highest BCUT2D eigenvalue weighted by Gasteiger charge is 2.38. The zero-order valence-electron chi connectivity index (χ0n) is 23.7. The van der Waals surface area contributed by atoms with E-state index >= 15 is 0 Å². The van der Waals surface area contributed by atoms with Crippen LogP contribution in [0.1, 0.15) is 80.3 Å². The monoisotopic (exact) mass is 556 g/mol. The number of carbonyl (C=O) groups excluding carboxylic acids is 5. The Morgan fingerprint density at radius 2 is 1.68 bits per heavy atom. The van der Waals surface area contributed by atoms with E-state index in [4.69, 9.17) is 4.65 Å². The second-order valence-corrected chi connectivity index (χ2v) is 11.1. The molecule has 1 saturated carbocycles. The van der Waals surface area contributed by atoms with Crippen LogP contribution in [0.4, 0.5) is 0 Å². The van der Waals surface area contributed by atoms with Crippen LogP contribution in [-0.4, -0.2) is 66.3 Å². The van der Waals surface area contributed by atoms with Gasteiger partial charge in [-0.15, -0.1) is 0 Å². The molecule has 4 atom stereocenters. The second-order valence-electron chi connectivity index (χ2n) is 11.1. The van der Waals surface area contributed by atoms with E-state index in [1.807, 2.05) is 33.8 Å². The van der Waals surface area contributed by atoms with Crippen LogP contribution in [-0.2, 0) is 23.8 Å². The molecule has 4 amide bonds. The van der Waals surface area contributed by atoms with E-state index in [1.165, 1.54) is 0 Å². The Kier molecular flexibility index (Phi) is 11.1. The number of nitrogens with one attached hydrogen (secondary N) is 4. The molecule has 2 fully saturated rings. The summed E-state index contributed by atoms with van der Waals surface area (Å²) in [5, 5.41) is 20.7. The zero-order chi connectivity index (χ0) is 29.4. The third-order valence-corrected chi connectivity index (χ3v) is 7.74. The van der Waals surface area contributed by atoms with Crippen LogP contribution < -0.4 is 21.3 Å². The number of amides is 4. The van der Waals surface area contributed by atoms with Crippen molar-refractivity contribution in [3.63, 3.8) is 0 Å². The first kappa shape index (κ1) is 31.1. The Bertz CT molecular complexity index is 1090. The first-order valence-corrected chi connectivity index (χ1v) is 14.1. The van der Waals surface area contributed by atoms with Gasteiger partial charge in [0.15, 0.2) is 0 Å². The molecule has 218 valence electrons. The highest BCUT2D eigenvalue weighted by atomic mass is 16.6. The Morgan fingerprint density at radius 3 is 2.27 bits per heavy atom. The second kappa shape index (κ2) is 14.3. The van der Waals surface area contributed by atoms with Gasteiger partial charge >= 0.3 is 7.12 Å². The van der Waals surface area contributed by atoms with Crippen LogP contribution in [0.25, 0.3) is 0 Å². The van der Waals surface area contributed by atoms with Gasteiger partial charge in [0.05, 0.1) is 12.5 Å². The summed E-state index contributed by atoms with van der Waals surface area (Å²) in [7, 11) is -1.44. The maximum absolute atomic E-state index is 13.6. The molecular weight excluding hydrogens is 515 g/mol. The Balaban J connectivity index is 1.65. The first-order valence-electron chi connectivity index (χ1n) is 14.1. The van der Waals surface area contributed by atoms with E-state index in [9.17, 15) is 29.0 Å². The lowest BCUT2D eigenvalue weighted by atomic mass is 9.74. The molecule has 0 aromatic heterocycles. The third kappa shape index (κ3) is 8.55. The van der Waals surface area contributed by atoms with Gasteiger partial charge in [0.25, 0.3) is 11.9 Å². The van der Waals surface area contributed by atoms with E-state index < -0.39 is 48.8 Å². The predicted octanol–water partition coefficient (Wildman–Crippen LogP) is 1.08. The smallest absolute Gasteiger partial charge is 0.508 e. The molecule has 1 aliphatic heterocycles. The van der Waals surface area contributed by atoms with Crippen molar-refractivity contribution >= 4 is 36.7 Å². The van der Waals surface area contributed by atoms with Crippen molar-refractivity contribution in [2.45, 2.75) is 90.7 Å². The normalized spacial score (nSPS) is 19.7. The van der Waals surface area contributed by atoms with Gasteiger partial charge in [-0.2, -0.15) is 0 Å². The van der Waals surface area contributed by atoms with Gasteiger partial charge in [-0.05, 0) is 57.1 Å². The van der Waals surface area contributed by atoms with Gasteiger partial charge in [-0.25, -0.2) is 0 Å². The van der Waals surface area contributed by atoms with Crippen LogP contribution in [0.2, 0.25) is 0 Å². The van der Waals surface area contributed by atoms with Gasteiger partial charge < -0.3 is 30.9 Å². The Hall–Kier alpha value is -3.41. The summed E-state index contributed by atoms with van der Waals surface area (Å²) in [6.07, 6.45) is 4.41. The summed E-state index contributed by atoms with van der Waals surface area (Å²) in [5.74, 6) is -3.45. The zero-order valence-corrected chi connectivity index (χ0v) is 23.7. The average Bonchev–Trinajstić information content (AvgIpc) is 3.44. The summed E-state index contributed by atoms with van der Waals surface area (Å²) in [6, 6.07) is 3.81. The van der Waals surface area contributed by atoms with Crippen molar-refractivity contribution in [3.05, 3.63) is 34.9 Å². The van der Waals surface area contributed by atoms with Gasteiger partial charge in [0.1, 0.15) is 12.1 Å². The highest BCUT2D eigenvalue weighted by molar-refractivity contribution is 6.48. The number of hydrogen-bond donors (Lipinski definition) is 5. The largest absolute Gasteiger partial charge is 0.548 e. The van der Waals surface area contributed by atoms with Gasteiger partial charge in [-0.3, -0.25) is 24.0 Å². The molecule has 0 bridgehead atoms. The summed E-state index contributed by atoms with van der Waals surface area (Å²) in [4.78, 5) is 63.5. The van der Waals surface area contributed by atoms with E-state index in [0.717, 1.165) is 36.8 Å². The molecule has 5 N–H and O–H groups in total. The number of rotatable bonds is 11. The molecule has 3 rings (SSSR count). The molecule has 12 heteroatoms. The van der Waals surface area contributed by atoms with Crippen LogP contribution >= 0.6 is 0 Å². The number of aryl methyl sites for hydroxylation is 2. The molecule has 0 unspecified atom stereocenters. The fourth-order valence-corrected chi connectivity index (χ4v) is 5.33. The Morgan fingerprint density at radius 1 is 1.02 bits per heavy atom. The molecule has 40 heavy (non-hydrogen) atoms. The summed E-state index contributed by atoms with van der Waals surface area (Å²) >= 11 is 0. The minimum Gasteiger partial charge on any atom is -0.508 e. The van der Waals surface area contributed by atoms with E-state index in [1.54, 1.807) is 12.1 Å². The summed E-state index contributed by atoms with van der Waals surface area (Å²) in [5.41, 5.74) is 2.38. The number of carbonyl (C=O) groups is 5. The van der Waals surface area contributed by atoms with Crippen LogP contribution in [0.3, 0.4) is 0 Å². The molecule has 2 aliphatic rings. The number of hydrogen-bond acceptors (Lipinski definition) is 7. The predicted molar refractivity (Wildman–Crippen MR) is 149 cm³/mol. The lowest BCUT2D eigenvalue weighted by molar-refractivity contribution is -0.138. The number of benzene rings is 1. The van der Waals surface area contributed by atoms with Crippen molar-refractivity contribution in [2.75, 3.05) is 6.54 Å². The van der Waals surface area contributed by atoms with Crippen molar-refractivity contribution < 1.29 is 33.7 Å². The van der Waals surface area contributed by atoms with E-state index in [-0.39, 0.29) is 37.1 Å². The molecule has 0 spiro atoms. The van der Waals surface area contributed by atoms with Crippen molar-refractivity contribution in [3.8, 4) is 0 Å². The lowest BCUT2D eigenvalue weighted by Gasteiger charge is -2.29. The van der Waals surface area contributed by atoms with Crippen LogP contribution in [0, 0.1) is 25.7 Å². The molecule has 1 aromatic carbocycles. The fraction of sp³-hybridized carbons (Fsp3) is 0.607. The molecule has 1 aromatic rings. The molecule has 1 heterocycles. The first-order chi connectivity index (χ1) is 19.0. The maximum Gasteiger partial charge on any atom is 0.548 e. The van der Waals surface area contributed by atoms with Gasteiger partial charge in [0.2, 0.25) is 17.7 Å². The summed E-state index contributed by atoms with van der Waals surface area (Å²) < 4.78 is 4.72. The van der Waals surface area contributed by atoms with Gasteiger partial charge in [0, 0.05) is 12.0 Å². The van der Waals surface area contributed by atoms with Crippen LogP contribution in [0.5, 0.6) is 0 Å². The van der Waals surface area contributed by atoms with Crippen LogP contribution in [0.15, 0.2) is 18.2 Å². The third-order valence-electron chi connectivity index (χ3n) is 7.74. The topological polar surface area (TPSA) is 163 Å². The SMILES string of the molecule is CC[C@H](C)[C@H](NC(=O)[C@@H](NC(=O)c1cc(C)cc(C)c1)C1CCCC1)C(=O)NCC(=O)N[C@H]1CCC(=O)OB1O. The fourth-order valence-electron chi connectivity index (χ4n) is 5.33. The standard InChI is InChI=1S/C28H41BN4O7/c1-5-18(4)24(27(37)30-15-22(34)31-21-10-11-23(35)40-29(21)39)32-28(38)25(19-8-6-7-9-19)33-26(36)20-13-16(2)12-17(3)14-20/h12-14,18-19,21,24-25,39H,5-11,15H2,1-4H3,(H,30,37)(H,31,34)(H,32,38)(H,33,36)/t18-,21-,24-,25-/m0/s1. The molecular formula is C28H41BN4O7. The van der Waals surface area contributed by atoms with Crippen molar-refractivity contribution in [1.29, 1.82) is 0 Å². The highest BCUT2D eigenvalue weighted by Crippen LogP contribution is 2.28. The van der Waals surface area contributed by atoms with E-state index in [0.29, 0.717) is 12.0 Å². The molecule has 1 saturated heterocycles. The average molecular weight is 556 g/mol. The maximum atomic E-state index is 13.6. The van der Waals surface area contributed by atoms with Gasteiger partial charge in [-0.1, -0.05) is 50.3 Å². The van der Waals surface area contributed by atoms with E-state index in [2.05, 4.69) is 21.3 Å². The minimum atomic E-state index is -1.44.